The normalized spacial score (nSPS) is 8.85. The van der Waals surface area contributed by atoms with Crippen molar-refractivity contribution in [2.24, 2.45) is 0 Å². The van der Waals surface area contributed by atoms with Crippen molar-refractivity contribution in [3.8, 4) is 12.1 Å². The highest BCUT2D eigenvalue weighted by Crippen LogP contribution is 2.15. The van der Waals surface area contributed by atoms with Crippen molar-refractivity contribution in [2.45, 2.75) is 13.1 Å². The smallest absolute Gasteiger partial charge is 0.116 e. The number of benzene rings is 1. The predicted molar refractivity (Wildman–Crippen MR) is 45.3 cm³/mol. The van der Waals surface area contributed by atoms with Gasteiger partial charge < -0.3 is 0 Å². The quantitative estimate of drug-likeness (QED) is 0.689. The van der Waals surface area contributed by atoms with Crippen molar-refractivity contribution in [3.05, 3.63) is 34.9 Å². The third-order valence-corrected chi connectivity index (χ3v) is 1.80. The number of nitriles is 2. The summed E-state index contributed by atoms with van der Waals surface area (Å²) in [5, 5.41) is 17.1. The number of halogens is 1. The maximum Gasteiger partial charge on any atom is 0.116 e. The van der Waals surface area contributed by atoms with Gasteiger partial charge in [0, 0.05) is 5.56 Å². The van der Waals surface area contributed by atoms with Gasteiger partial charge in [-0.05, 0) is 11.6 Å². The molecule has 3 heteroatoms. The van der Waals surface area contributed by atoms with E-state index in [9.17, 15) is 4.39 Å². The van der Waals surface area contributed by atoms with Crippen LogP contribution >= 0.6 is 0 Å². The minimum absolute atomic E-state index is 0.148. The molecule has 0 bridgehead atoms. The summed E-state index contributed by atoms with van der Waals surface area (Å²) in [6, 6.07) is 8.70. The fraction of sp³-hybridized carbons (Fsp3) is 0.200. The largest absolute Gasteiger partial charge is 0.246 e. The first-order chi connectivity index (χ1) is 6.33. The first-order valence-electron chi connectivity index (χ1n) is 3.77. The van der Waals surface area contributed by atoms with Gasteiger partial charge in [0.25, 0.3) is 0 Å². The minimum Gasteiger partial charge on any atom is -0.246 e. The molecule has 0 aliphatic carbocycles. The standard InChI is InChI=1S/C10H7FN2/c11-6-10-8(4-5-12)2-1-3-9(10)7-13/h1-3H,4,6H2. The lowest BCUT2D eigenvalue weighted by molar-refractivity contribution is 0.482. The Morgan fingerprint density at radius 1 is 1.31 bits per heavy atom. The molecule has 1 aromatic carbocycles. The van der Waals surface area contributed by atoms with Gasteiger partial charge in [0.2, 0.25) is 0 Å². The van der Waals surface area contributed by atoms with E-state index in [4.69, 9.17) is 10.5 Å². The van der Waals surface area contributed by atoms with Crippen LogP contribution in [0.3, 0.4) is 0 Å². The fourth-order valence-electron chi connectivity index (χ4n) is 1.15. The van der Waals surface area contributed by atoms with Crippen molar-refractivity contribution < 1.29 is 4.39 Å². The highest BCUT2D eigenvalue weighted by atomic mass is 19.1. The lowest BCUT2D eigenvalue weighted by atomic mass is 10.0. The van der Waals surface area contributed by atoms with Gasteiger partial charge in [-0.1, -0.05) is 12.1 Å². The summed E-state index contributed by atoms with van der Waals surface area (Å²) in [7, 11) is 0. The van der Waals surface area contributed by atoms with Crippen LogP contribution in [-0.4, -0.2) is 0 Å². The van der Waals surface area contributed by atoms with Gasteiger partial charge in [0.05, 0.1) is 24.1 Å². The molecule has 2 nitrogen and oxygen atoms in total. The molecule has 0 unspecified atom stereocenters. The van der Waals surface area contributed by atoms with Crippen LogP contribution in [-0.2, 0) is 13.1 Å². The Morgan fingerprint density at radius 2 is 2.08 bits per heavy atom. The zero-order chi connectivity index (χ0) is 9.68. The van der Waals surface area contributed by atoms with Crippen molar-refractivity contribution in [2.75, 3.05) is 0 Å². The molecule has 0 spiro atoms. The number of alkyl halides is 1. The van der Waals surface area contributed by atoms with Gasteiger partial charge in [-0.15, -0.1) is 0 Å². The highest BCUT2D eigenvalue weighted by molar-refractivity contribution is 5.43. The Kier molecular flexibility index (Phi) is 3.00. The van der Waals surface area contributed by atoms with Crippen molar-refractivity contribution in [1.29, 1.82) is 10.5 Å². The van der Waals surface area contributed by atoms with Crippen molar-refractivity contribution in [3.63, 3.8) is 0 Å². The zero-order valence-corrected chi connectivity index (χ0v) is 6.92. The summed E-state index contributed by atoms with van der Waals surface area (Å²) >= 11 is 0. The summed E-state index contributed by atoms with van der Waals surface area (Å²) in [6.45, 7) is -0.694. The summed E-state index contributed by atoms with van der Waals surface area (Å²) < 4.78 is 12.5. The van der Waals surface area contributed by atoms with E-state index in [-0.39, 0.29) is 6.42 Å². The van der Waals surface area contributed by atoms with Crippen molar-refractivity contribution >= 4 is 0 Å². The molecule has 0 heterocycles. The molecule has 0 saturated heterocycles. The number of nitrogens with zero attached hydrogens (tertiary/aromatic N) is 2. The third-order valence-electron chi connectivity index (χ3n) is 1.80. The fourth-order valence-corrected chi connectivity index (χ4v) is 1.15. The van der Waals surface area contributed by atoms with Gasteiger partial charge in [0.1, 0.15) is 6.67 Å². The van der Waals surface area contributed by atoms with Gasteiger partial charge in [0.15, 0.2) is 0 Å². The van der Waals surface area contributed by atoms with E-state index in [2.05, 4.69) is 0 Å². The SMILES string of the molecule is N#CCc1cccc(C#N)c1CF. The molecule has 0 aliphatic rings. The zero-order valence-electron chi connectivity index (χ0n) is 6.92. The number of hydrogen-bond donors (Lipinski definition) is 0. The van der Waals surface area contributed by atoms with E-state index in [0.29, 0.717) is 16.7 Å². The van der Waals surface area contributed by atoms with Gasteiger partial charge in [-0.2, -0.15) is 10.5 Å². The Morgan fingerprint density at radius 3 is 2.62 bits per heavy atom. The monoisotopic (exact) mass is 174 g/mol. The van der Waals surface area contributed by atoms with Crippen LogP contribution in [0.1, 0.15) is 16.7 Å². The molecule has 0 aromatic heterocycles. The predicted octanol–water partition coefficient (Wildman–Crippen LogP) is 2.09. The molecule has 13 heavy (non-hydrogen) atoms. The molecule has 0 amide bonds. The van der Waals surface area contributed by atoms with Gasteiger partial charge in [-0.25, -0.2) is 4.39 Å². The molecule has 0 atom stereocenters. The highest BCUT2D eigenvalue weighted by Gasteiger charge is 2.06. The summed E-state index contributed by atoms with van der Waals surface area (Å²) in [5.74, 6) is 0. The van der Waals surface area contributed by atoms with Crippen LogP contribution in [0.4, 0.5) is 4.39 Å². The van der Waals surface area contributed by atoms with E-state index in [0.717, 1.165) is 0 Å². The summed E-state index contributed by atoms with van der Waals surface area (Å²) in [4.78, 5) is 0. The maximum atomic E-state index is 12.5. The van der Waals surface area contributed by atoms with E-state index < -0.39 is 6.67 Å². The van der Waals surface area contributed by atoms with Gasteiger partial charge >= 0.3 is 0 Å². The van der Waals surface area contributed by atoms with E-state index in [1.54, 1.807) is 18.2 Å². The minimum atomic E-state index is -0.694. The summed E-state index contributed by atoms with van der Waals surface area (Å²) in [5.41, 5.74) is 1.26. The van der Waals surface area contributed by atoms with Crippen LogP contribution in [0, 0.1) is 22.7 Å². The lowest BCUT2D eigenvalue weighted by Gasteiger charge is -2.03. The van der Waals surface area contributed by atoms with Crippen LogP contribution < -0.4 is 0 Å². The van der Waals surface area contributed by atoms with Crippen LogP contribution in [0.25, 0.3) is 0 Å². The topological polar surface area (TPSA) is 47.6 Å². The maximum absolute atomic E-state index is 12.5. The van der Waals surface area contributed by atoms with Crippen LogP contribution in [0.15, 0.2) is 18.2 Å². The molecule has 64 valence electrons. The molecule has 0 N–H and O–H groups in total. The molecule has 0 radical (unpaired) electrons. The van der Waals surface area contributed by atoms with E-state index in [1.807, 2.05) is 12.1 Å². The first kappa shape index (κ1) is 9.22. The second-order valence-corrected chi connectivity index (χ2v) is 2.52. The van der Waals surface area contributed by atoms with Crippen LogP contribution in [0.5, 0.6) is 0 Å². The molecule has 0 saturated carbocycles. The van der Waals surface area contributed by atoms with Gasteiger partial charge in [-0.3, -0.25) is 0 Å². The molecule has 0 aliphatic heterocycles. The second-order valence-electron chi connectivity index (χ2n) is 2.52. The Bertz CT molecular complexity index is 385. The molecule has 1 rings (SSSR count). The molecular formula is C10H7FN2. The van der Waals surface area contributed by atoms with E-state index >= 15 is 0 Å². The Hall–Kier alpha value is -1.87. The van der Waals surface area contributed by atoms with Crippen molar-refractivity contribution in [1.82, 2.24) is 0 Å². The third kappa shape index (κ3) is 1.83. The summed E-state index contributed by atoms with van der Waals surface area (Å²) in [6.07, 6.45) is 0.148. The Labute approximate surface area is 75.8 Å². The average Bonchev–Trinajstić information content (AvgIpc) is 2.18. The Balaban J connectivity index is 3.22. The molecule has 1 aromatic rings. The molecular weight excluding hydrogens is 167 g/mol. The average molecular weight is 174 g/mol. The second kappa shape index (κ2) is 4.23. The van der Waals surface area contributed by atoms with Crippen LogP contribution in [0.2, 0.25) is 0 Å². The molecule has 0 fully saturated rings. The van der Waals surface area contributed by atoms with E-state index in [1.165, 1.54) is 0 Å². The number of hydrogen-bond acceptors (Lipinski definition) is 2. The number of rotatable bonds is 2. The lowest BCUT2D eigenvalue weighted by Crippen LogP contribution is -1.94. The first-order valence-corrected chi connectivity index (χ1v) is 3.77.